The lowest BCUT2D eigenvalue weighted by Crippen LogP contribution is -2.05. The molecule has 0 aliphatic heterocycles. The molecule has 3 rings (SSSR count). The Kier molecular flexibility index (Phi) is 2.83. The van der Waals surface area contributed by atoms with Gasteiger partial charge in [-0.2, -0.15) is 4.98 Å². The number of aromatic amines is 1. The lowest BCUT2D eigenvalue weighted by atomic mass is 10.2. The van der Waals surface area contributed by atoms with E-state index in [1.165, 1.54) is 18.3 Å². The number of aromatic nitrogens is 3. The van der Waals surface area contributed by atoms with Gasteiger partial charge in [0.05, 0.1) is 0 Å². The fourth-order valence-corrected chi connectivity index (χ4v) is 1.84. The standard InChI is InChI=1S/C14H11N3O3/c1-8-5-12(19)11(7-15-8)14-16-13(17-20-14)9-3-2-4-10(18)6-9/h2-7,18H,1H3,(H,15,19). The third-order valence-electron chi connectivity index (χ3n) is 2.82. The topological polar surface area (TPSA) is 92.0 Å². The number of benzene rings is 1. The van der Waals surface area contributed by atoms with Crippen molar-refractivity contribution >= 4 is 0 Å². The zero-order valence-electron chi connectivity index (χ0n) is 10.6. The maximum Gasteiger partial charge on any atom is 0.263 e. The van der Waals surface area contributed by atoms with E-state index < -0.39 is 0 Å². The predicted molar refractivity (Wildman–Crippen MR) is 72.2 cm³/mol. The van der Waals surface area contributed by atoms with Crippen LogP contribution in [0.15, 0.2) is 45.8 Å². The van der Waals surface area contributed by atoms with E-state index in [1.54, 1.807) is 25.1 Å². The van der Waals surface area contributed by atoms with Crippen LogP contribution in [0.2, 0.25) is 0 Å². The van der Waals surface area contributed by atoms with E-state index in [1.807, 2.05) is 0 Å². The lowest BCUT2D eigenvalue weighted by Gasteiger charge is -1.95. The Bertz CT molecular complexity index is 820. The Morgan fingerprint density at radius 2 is 2.15 bits per heavy atom. The first-order valence-corrected chi connectivity index (χ1v) is 5.96. The summed E-state index contributed by atoms with van der Waals surface area (Å²) < 4.78 is 5.10. The van der Waals surface area contributed by atoms with Crippen molar-refractivity contribution in [2.24, 2.45) is 0 Å². The van der Waals surface area contributed by atoms with E-state index in [9.17, 15) is 9.90 Å². The Morgan fingerprint density at radius 3 is 2.90 bits per heavy atom. The molecule has 0 radical (unpaired) electrons. The van der Waals surface area contributed by atoms with E-state index >= 15 is 0 Å². The molecule has 0 aliphatic carbocycles. The number of rotatable bonds is 2. The average molecular weight is 269 g/mol. The minimum atomic E-state index is -0.188. The summed E-state index contributed by atoms with van der Waals surface area (Å²) in [6.07, 6.45) is 1.54. The van der Waals surface area contributed by atoms with Crippen LogP contribution in [-0.2, 0) is 0 Å². The van der Waals surface area contributed by atoms with Crippen molar-refractivity contribution in [2.75, 3.05) is 0 Å². The molecule has 20 heavy (non-hydrogen) atoms. The normalized spacial score (nSPS) is 10.7. The summed E-state index contributed by atoms with van der Waals surface area (Å²) in [6.45, 7) is 1.79. The number of hydrogen-bond acceptors (Lipinski definition) is 5. The van der Waals surface area contributed by atoms with Crippen LogP contribution in [0.5, 0.6) is 5.75 Å². The molecule has 0 aliphatic rings. The number of nitrogens with one attached hydrogen (secondary N) is 1. The number of nitrogens with zero attached hydrogens (tertiary/aromatic N) is 2. The molecule has 0 bridgehead atoms. The van der Waals surface area contributed by atoms with Gasteiger partial charge >= 0.3 is 0 Å². The van der Waals surface area contributed by atoms with E-state index in [-0.39, 0.29) is 17.1 Å². The highest BCUT2D eigenvalue weighted by Gasteiger charge is 2.13. The molecule has 2 heterocycles. The van der Waals surface area contributed by atoms with Crippen molar-refractivity contribution in [3.63, 3.8) is 0 Å². The first-order valence-electron chi connectivity index (χ1n) is 5.96. The maximum absolute atomic E-state index is 11.9. The average Bonchev–Trinajstić information content (AvgIpc) is 2.88. The van der Waals surface area contributed by atoms with Crippen LogP contribution >= 0.6 is 0 Å². The molecule has 0 spiro atoms. The van der Waals surface area contributed by atoms with Crippen LogP contribution in [0, 0.1) is 6.92 Å². The van der Waals surface area contributed by atoms with Gasteiger partial charge in [-0.25, -0.2) is 0 Å². The molecule has 6 nitrogen and oxygen atoms in total. The Balaban J connectivity index is 2.04. The SMILES string of the molecule is Cc1cc(=O)c(-c2nc(-c3cccc(O)c3)no2)c[nH]1. The molecule has 0 unspecified atom stereocenters. The summed E-state index contributed by atoms with van der Waals surface area (Å²) in [4.78, 5) is 19.0. The van der Waals surface area contributed by atoms with Crippen molar-refractivity contribution in [3.8, 4) is 28.6 Å². The number of hydrogen-bond donors (Lipinski definition) is 2. The smallest absolute Gasteiger partial charge is 0.263 e. The van der Waals surface area contributed by atoms with Gasteiger partial charge in [0.15, 0.2) is 5.43 Å². The van der Waals surface area contributed by atoms with Crippen molar-refractivity contribution in [1.29, 1.82) is 0 Å². The number of phenolic OH excluding ortho intramolecular Hbond substituents is 1. The van der Waals surface area contributed by atoms with Gasteiger partial charge < -0.3 is 14.6 Å². The highest BCUT2D eigenvalue weighted by atomic mass is 16.5. The molecular weight excluding hydrogens is 258 g/mol. The van der Waals surface area contributed by atoms with Gasteiger partial charge in [0.1, 0.15) is 11.3 Å². The molecule has 0 saturated carbocycles. The van der Waals surface area contributed by atoms with E-state index in [0.717, 1.165) is 5.69 Å². The van der Waals surface area contributed by atoms with Gasteiger partial charge in [0.25, 0.3) is 5.89 Å². The van der Waals surface area contributed by atoms with E-state index in [4.69, 9.17) is 4.52 Å². The van der Waals surface area contributed by atoms with Gasteiger partial charge in [0.2, 0.25) is 5.82 Å². The zero-order chi connectivity index (χ0) is 14.1. The summed E-state index contributed by atoms with van der Waals surface area (Å²) in [5, 5.41) is 13.2. The minimum absolute atomic E-state index is 0.113. The van der Waals surface area contributed by atoms with Gasteiger partial charge in [-0.1, -0.05) is 17.3 Å². The monoisotopic (exact) mass is 269 g/mol. The van der Waals surface area contributed by atoms with Crippen molar-refractivity contribution in [2.45, 2.75) is 6.92 Å². The molecule has 3 aromatic rings. The van der Waals surface area contributed by atoms with Gasteiger partial charge in [-0.3, -0.25) is 4.79 Å². The van der Waals surface area contributed by atoms with E-state index in [2.05, 4.69) is 15.1 Å². The number of pyridine rings is 1. The molecular formula is C14H11N3O3. The number of aryl methyl sites for hydroxylation is 1. The molecule has 0 saturated heterocycles. The molecule has 0 fully saturated rings. The van der Waals surface area contributed by atoms with E-state index in [0.29, 0.717) is 17.0 Å². The summed E-state index contributed by atoms with van der Waals surface area (Å²) in [7, 11) is 0. The second-order valence-corrected chi connectivity index (χ2v) is 4.37. The van der Waals surface area contributed by atoms with Gasteiger partial charge in [-0.05, 0) is 19.1 Å². The Morgan fingerprint density at radius 1 is 1.30 bits per heavy atom. The Hall–Kier alpha value is -2.89. The fraction of sp³-hybridized carbons (Fsp3) is 0.0714. The molecule has 0 atom stereocenters. The van der Waals surface area contributed by atoms with Gasteiger partial charge in [-0.15, -0.1) is 0 Å². The predicted octanol–water partition coefficient (Wildman–Crippen LogP) is 2.11. The summed E-state index contributed by atoms with van der Waals surface area (Å²) >= 11 is 0. The first kappa shape index (κ1) is 12.2. The van der Waals surface area contributed by atoms with Crippen LogP contribution in [0.4, 0.5) is 0 Å². The summed E-state index contributed by atoms with van der Waals surface area (Å²) in [5.74, 6) is 0.572. The maximum atomic E-state index is 11.9. The third kappa shape index (κ3) is 2.18. The summed E-state index contributed by atoms with van der Waals surface area (Å²) in [5.41, 5.74) is 1.50. The van der Waals surface area contributed by atoms with Crippen LogP contribution in [-0.4, -0.2) is 20.2 Å². The second-order valence-electron chi connectivity index (χ2n) is 4.37. The highest BCUT2D eigenvalue weighted by Crippen LogP contribution is 2.22. The van der Waals surface area contributed by atoms with Crippen LogP contribution in [0.3, 0.4) is 0 Å². The Labute approximate surface area is 113 Å². The zero-order valence-corrected chi connectivity index (χ0v) is 10.6. The van der Waals surface area contributed by atoms with Gasteiger partial charge in [0, 0.05) is 23.5 Å². The highest BCUT2D eigenvalue weighted by molar-refractivity contribution is 5.60. The molecule has 2 N–H and O–H groups in total. The third-order valence-corrected chi connectivity index (χ3v) is 2.82. The molecule has 100 valence electrons. The first-order chi connectivity index (χ1) is 9.63. The van der Waals surface area contributed by atoms with Crippen LogP contribution < -0.4 is 5.43 Å². The quantitative estimate of drug-likeness (QED) is 0.743. The second kappa shape index (κ2) is 4.65. The van der Waals surface area contributed by atoms with Crippen molar-refractivity contribution in [3.05, 3.63) is 52.4 Å². The molecule has 6 heteroatoms. The molecule has 0 amide bonds. The van der Waals surface area contributed by atoms with Crippen LogP contribution in [0.25, 0.3) is 22.8 Å². The van der Waals surface area contributed by atoms with Crippen LogP contribution in [0.1, 0.15) is 5.69 Å². The fourth-order valence-electron chi connectivity index (χ4n) is 1.84. The number of aromatic hydroxyl groups is 1. The summed E-state index contributed by atoms with van der Waals surface area (Å²) in [6, 6.07) is 7.96. The largest absolute Gasteiger partial charge is 0.508 e. The number of phenols is 1. The lowest BCUT2D eigenvalue weighted by molar-refractivity contribution is 0.432. The molecule has 1 aromatic carbocycles. The number of H-pyrrole nitrogens is 1. The van der Waals surface area contributed by atoms with Crippen molar-refractivity contribution < 1.29 is 9.63 Å². The minimum Gasteiger partial charge on any atom is -0.508 e. The molecule has 2 aromatic heterocycles. The van der Waals surface area contributed by atoms with Crippen molar-refractivity contribution in [1.82, 2.24) is 15.1 Å².